The van der Waals surface area contributed by atoms with Gasteiger partial charge < -0.3 is 10.2 Å². The summed E-state index contributed by atoms with van der Waals surface area (Å²) >= 11 is 0. The summed E-state index contributed by atoms with van der Waals surface area (Å²) in [6, 6.07) is 0.590. The minimum Gasteiger partial charge on any atom is -0.314 e. The van der Waals surface area contributed by atoms with Gasteiger partial charge in [0.05, 0.1) is 0 Å². The Morgan fingerprint density at radius 3 is 2.26 bits per heavy atom. The standard InChI is InChI=1S/C17H36N2/c1-7-11-18-15(3)16(4,5)14-19-12-9-17(6,8-2)10-13-19/h15,18H,7-14H2,1-6H3. The molecule has 1 atom stereocenters. The predicted octanol–water partition coefficient (Wildman–Crippen LogP) is 3.91. The van der Waals surface area contributed by atoms with Gasteiger partial charge in [0.2, 0.25) is 0 Å². The highest BCUT2D eigenvalue weighted by molar-refractivity contribution is 4.87. The highest BCUT2D eigenvalue weighted by Gasteiger charge is 2.33. The van der Waals surface area contributed by atoms with Crippen LogP contribution in [0.15, 0.2) is 0 Å². The Balaban J connectivity index is 2.42. The normalized spacial score (nSPS) is 22.4. The molecule has 0 bridgehead atoms. The molecule has 1 unspecified atom stereocenters. The maximum absolute atomic E-state index is 3.66. The van der Waals surface area contributed by atoms with E-state index in [0.29, 0.717) is 16.9 Å². The number of hydrogen-bond donors (Lipinski definition) is 1. The maximum Gasteiger partial charge on any atom is 0.0102 e. The topological polar surface area (TPSA) is 15.3 Å². The summed E-state index contributed by atoms with van der Waals surface area (Å²) in [5.74, 6) is 0. The molecule has 0 aliphatic carbocycles. The molecule has 1 saturated heterocycles. The van der Waals surface area contributed by atoms with E-state index in [4.69, 9.17) is 0 Å². The van der Waals surface area contributed by atoms with Crippen molar-refractivity contribution >= 4 is 0 Å². The van der Waals surface area contributed by atoms with Crippen LogP contribution in [0.5, 0.6) is 0 Å². The monoisotopic (exact) mass is 268 g/mol. The summed E-state index contributed by atoms with van der Waals surface area (Å²) in [6.45, 7) is 19.1. The van der Waals surface area contributed by atoms with Crippen LogP contribution in [0.2, 0.25) is 0 Å². The first-order valence-electron chi connectivity index (χ1n) is 8.29. The Kier molecular flexibility index (Phi) is 6.32. The highest BCUT2D eigenvalue weighted by Crippen LogP contribution is 2.35. The molecule has 2 heteroatoms. The third-order valence-corrected chi connectivity index (χ3v) is 5.42. The van der Waals surface area contributed by atoms with Crippen molar-refractivity contribution in [3.05, 3.63) is 0 Å². The molecule has 0 amide bonds. The minimum atomic E-state index is 0.356. The third-order valence-electron chi connectivity index (χ3n) is 5.42. The summed E-state index contributed by atoms with van der Waals surface area (Å²) in [5, 5.41) is 3.66. The number of likely N-dealkylation sites (tertiary alicyclic amines) is 1. The van der Waals surface area contributed by atoms with E-state index in [1.807, 2.05) is 0 Å². The van der Waals surface area contributed by atoms with Crippen LogP contribution in [0.3, 0.4) is 0 Å². The first kappa shape index (κ1) is 17.0. The Labute approximate surface area is 121 Å². The summed E-state index contributed by atoms with van der Waals surface area (Å²) in [7, 11) is 0. The largest absolute Gasteiger partial charge is 0.314 e. The Morgan fingerprint density at radius 1 is 1.21 bits per heavy atom. The zero-order chi connectivity index (χ0) is 14.5. The maximum atomic E-state index is 3.66. The van der Waals surface area contributed by atoms with E-state index < -0.39 is 0 Å². The zero-order valence-electron chi connectivity index (χ0n) is 14.2. The van der Waals surface area contributed by atoms with Gasteiger partial charge in [0.25, 0.3) is 0 Å². The third kappa shape index (κ3) is 5.07. The number of hydrogen-bond acceptors (Lipinski definition) is 2. The van der Waals surface area contributed by atoms with Crippen molar-refractivity contribution in [3.63, 3.8) is 0 Å². The second-order valence-corrected chi connectivity index (χ2v) is 7.60. The van der Waals surface area contributed by atoms with Gasteiger partial charge in [0.1, 0.15) is 0 Å². The molecule has 0 saturated carbocycles. The van der Waals surface area contributed by atoms with Crippen LogP contribution >= 0.6 is 0 Å². The summed E-state index contributed by atoms with van der Waals surface area (Å²) in [5.41, 5.74) is 0.960. The van der Waals surface area contributed by atoms with Gasteiger partial charge in [-0.05, 0) is 56.7 Å². The van der Waals surface area contributed by atoms with Gasteiger partial charge >= 0.3 is 0 Å². The highest BCUT2D eigenvalue weighted by atomic mass is 15.1. The van der Waals surface area contributed by atoms with Gasteiger partial charge in [0, 0.05) is 12.6 Å². The van der Waals surface area contributed by atoms with Crippen LogP contribution in [0.25, 0.3) is 0 Å². The molecule has 1 heterocycles. The van der Waals surface area contributed by atoms with Gasteiger partial charge in [-0.2, -0.15) is 0 Å². The molecule has 1 rings (SSSR count). The Morgan fingerprint density at radius 2 is 1.79 bits per heavy atom. The van der Waals surface area contributed by atoms with Gasteiger partial charge in [-0.25, -0.2) is 0 Å². The van der Waals surface area contributed by atoms with E-state index in [0.717, 1.165) is 6.54 Å². The minimum absolute atomic E-state index is 0.356. The second kappa shape index (κ2) is 7.08. The average Bonchev–Trinajstić information content (AvgIpc) is 2.38. The first-order chi connectivity index (χ1) is 8.83. The van der Waals surface area contributed by atoms with Crippen molar-refractivity contribution in [2.24, 2.45) is 10.8 Å². The van der Waals surface area contributed by atoms with E-state index in [1.165, 1.54) is 45.3 Å². The van der Waals surface area contributed by atoms with Crippen LogP contribution in [-0.4, -0.2) is 37.1 Å². The van der Waals surface area contributed by atoms with Gasteiger partial charge in [-0.1, -0.05) is 41.0 Å². The molecule has 0 spiro atoms. The predicted molar refractivity (Wildman–Crippen MR) is 85.6 cm³/mol. The molecular weight excluding hydrogens is 232 g/mol. The van der Waals surface area contributed by atoms with E-state index in [2.05, 4.69) is 51.8 Å². The Bertz CT molecular complexity index is 252. The number of piperidine rings is 1. The molecule has 114 valence electrons. The lowest BCUT2D eigenvalue weighted by Crippen LogP contribution is -2.49. The van der Waals surface area contributed by atoms with Crippen molar-refractivity contribution in [1.82, 2.24) is 10.2 Å². The molecule has 0 aromatic carbocycles. The zero-order valence-corrected chi connectivity index (χ0v) is 14.2. The fraction of sp³-hybridized carbons (Fsp3) is 1.00. The fourth-order valence-corrected chi connectivity index (χ4v) is 2.95. The van der Waals surface area contributed by atoms with E-state index in [-0.39, 0.29) is 0 Å². The van der Waals surface area contributed by atoms with Crippen LogP contribution < -0.4 is 5.32 Å². The van der Waals surface area contributed by atoms with Crippen LogP contribution in [0.4, 0.5) is 0 Å². The molecule has 1 aliphatic rings. The number of nitrogens with zero attached hydrogens (tertiary/aromatic N) is 1. The second-order valence-electron chi connectivity index (χ2n) is 7.60. The molecule has 1 aliphatic heterocycles. The lowest BCUT2D eigenvalue weighted by Gasteiger charge is -2.43. The number of nitrogens with one attached hydrogen (secondary N) is 1. The average molecular weight is 268 g/mol. The molecule has 0 radical (unpaired) electrons. The quantitative estimate of drug-likeness (QED) is 0.753. The molecule has 0 aromatic heterocycles. The van der Waals surface area contributed by atoms with Gasteiger partial charge in [-0.15, -0.1) is 0 Å². The van der Waals surface area contributed by atoms with Crippen molar-refractivity contribution < 1.29 is 0 Å². The fourth-order valence-electron chi connectivity index (χ4n) is 2.95. The molecular formula is C17H36N2. The molecule has 2 nitrogen and oxygen atoms in total. The van der Waals surface area contributed by atoms with Crippen molar-refractivity contribution in [3.8, 4) is 0 Å². The SMILES string of the molecule is CCCNC(C)C(C)(C)CN1CCC(C)(CC)CC1. The van der Waals surface area contributed by atoms with Gasteiger partial charge in [0.15, 0.2) is 0 Å². The van der Waals surface area contributed by atoms with Crippen molar-refractivity contribution in [2.45, 2.75) is 73.3 Å². The number of rotatable bonds is 7. The van der Waals surface area contributed by atoms with Gasteiger partial charge in [-0.3, -0.25) is 0 Å². The first-order valence-corrected chi connectivity index (χ1v) is 8.29. The summed E-state index contributed by atoms with van der Waals surface area (Å²) < 4.78 is 0. The summed E-state index contributed by atoms with van der Waals surface area (Å²) in [4.78, 5) is 2.68. The van der Waals surface area contributed by atoms with Crippen LogP contribution in [-0.2, 0) is 0 Å². The van der Waals surface area contributed by atoms with E-state index in [9.17, 15) is 0 Å². The Hall–Kier alpha value is -0.0800. The van der Waals surface area contributed by atoms with E-state index in [1.54, 1.807) is 0 Å². The molecule has 19 heavy (non-hydrogen) atoms. The van der Waals surface area contributed by atoms with Crippen molar-refractivity contribution in [1.29, 1.82) is 0 Å². The lowest BCUT2D eigenvalue weighted by molar-refractivity contribution is 0.0710. The van der Waals surface area contributed by atoms with E-state index >= 15 is 0 Å². The van der Waals surface area contributed by atoms with Crippen LogP contribution in [0.1, 0.15) is 67.2 Å². The summed E-state index contributed by atoms with van der Waals surface area (Å²) in [6.07, 6.45) is 5.30. The smallest absolute Gasteiger partial charge is 0.0102 e. The van der Waals surface area contributed by atoms with Crippen molar-refractivity contribution in [2.75, 3.05) is 26.2 Å². The molecule has 1 fully saturated rings. The lowest BCUT2D eigenvalue weighted by atomic mass is 9.77. The van der Waals surface area contributed by atoms with Crippen LogP contribution in [0, 0.1) is 10.8 Å². The molecule has 1 N–H and O–H groups in total. The molecule has 0 aromatic rings.